The first-order valence-electron chi connectivity index (χ1n) is 8.77. The number of Topliss-reactive ketones (excluding diaryl/α,β-unsaturated/α-hetero) is 2. The lowest BCUT2D eigenvalue weighted by Gasteiger charge is -2.34. The van der Waals surface area contributed by atoms with Crippen LogP contribution in [0.25, 0.3) is 6.08 Å². The lowest BCUT2D eigenvalue weighted by molar-refractivity contribution is -0.117. The van der Waals surface area contributed by atoms with Gasteiger partial charge in [-0.15, -0.1) is 0 Å². The van der Waals surface area contributed by atoms with E-state index in [-0.39, 0.29) is 17.5 Å². The van der Waals surface area contributed by atoms with Crippen LogP contribution in [-0.2, 0) is 14.3 Å². The lowest BCUT2D eigenvalue weighted by Crippen LogP contribution is -2.30. The Labute approximate surface area is 152 Å². The quantitative estimate of drug-likeness (QED) is 0.749. The Morgan fingerprint density at radius 3 is 2.00 bits per heavy atom. The van der Waals surface area contributed by atoms with E-state index in [1.165, 1.54) is 0 Å². The SMILES string of the molecule is O=C1CCCC2=C1C(C=Cc1ccc(Cl)cc1)C1=C(CCCC1=O)O2. The summed E-state index contributed by atoms with van der Waals surface area (Å²) in [6, 6.07) is 7.51. The van der Waals surface area contributed by atoms with Gasteiger partial charge in [0.05, 0.1) is 0 Å². The van der Waals surface area contributed by atoms with Crippen LogP contribution in [0.2, 0.25) is 5.02 Å². The number of halogens is 1. The third-order valence-corrected chi connectivity index (χ3v) is 5.29. The fourth-order valence-corrected chi connectivity index (χ4v) is 3.97. The Hall–Kier alpha value is -2.13. The largest absolute Gasteiger partial charge is 0.465 e. The summed E-state index contributed by atoms with van der Waals surface area (Å²) >= 11 is 5.94. The Kier molecular flexibility index (Phi) is 4.34. The van der Waals surface area contributed by atoms with Gasteiger partial charge in [-0.2, -0.15) is 0 Å². The number of hydrogen-bond acceptors (Lipinski definition) is 3. The van der Waals surface area contributed by atoms with Gasteiger partial charge in [-0.3, -0.25) is 9.59 Å². The number of rotatable bonds is 2. The van der Waals surface area contributed by atoms with Crippen molar-refractivity contribution in [2.24, 2.45) is 5.92 Å². The third kappa shape index (κ3) is 3.09. The molecule has 4 rings (SSSR count). The summed E-state index contributed by atoms with van der Waals surface area (Å²) in [6.45, 7) is 0. The first kappa shape index (κ1) is 16.3. The average Bonchev–Trinajstić information content (AvgIpc) is 2.60. The van der Waals surface area contributed by atoms with Gasteiger partial charge in [0.2, 0.25) is 0 Å². The van der Waals surface area contributed by atoms with Gasteiger partial charge in [-0.1, -0.05) is 35.9 Å². The average molecular weight is 355 g/mol. The summed E-state index contributed by atoms with van der Waals surface area (Å²) in [6.07, 6.45) is 8.20. The van der Waals surface area contributed by atoms with E-state index in [1.807, 2.05) is 36.4 Å². The number of carbonyl (C=O) groups excluding carboxylic acids is 2. The molecule has 3 nitrogen and oxygen atoms in total. The minimum Gasteiger partial charge on any atom is -0.465 e. The number of hydrogen-bond donors (Lipinski definition) is 0. The predicted octanol–water partition coefficient (Wildman–Crippen LogP) is 5.01. The second-order valence-corrected chi connectivity index (χ2v) is 7.15. The standard InChI is InChI=1S/C21H19ClO3/c22-14-10-7-13(8-11-14)9-12-15-20-16(23)3-1-5-18(20)25-19-6-2-4-17(24)21(15)19/h7-12,15H,1-6H2. The van der Waals surface area contributed by atoms with Crippen molar-refractivity contribution in [3.63, 3.8) is 0 Å². The Morgan fingerprint density at radius 2 is 1.44 bits per heavy atom. The summed E-state index contributed by atoms with van der Waals surface area (Å²) in [7, 11) is 0. The molecule has 0 saturated heterocycles. The second kappa shape index (κ2) is 6.64. The molecule has 1 aromatic rings. The van der Waals surface area contributed by atoms with Gasteiger partial charge < -0.3 is 4.74 Å². The van der Waals surface area contributed by atoms with Gasteiger partial charge in [-0.25, -0.2) is 0 Å². The van der Waals surface area contributed by atoms with Crippen molar-refractivity contribution in [1.29, 1.82) is 0 Å². The normalized spacial score (nSPS) is 21.5. The van der Waals surface area contributed by atoms with Crippen molar-refractivity contribution in [3.05, 3.63) is 63.6 Å². The molecule has 1 aromatic carbocycles. The van der Waals surface area contributed by atoms with E-state index < -0.39 is 0 Å². The zero-order valence-electron chi connectivity index (χ0n) is 13.9. The van der Waals surface area contributed by atoms with E-state index in [4.69, 9.17) is 16.3 Å². The summed E-state index contributed by atoms with van der Waals surface area (Å²) in [4.78, 5) is 25.1. The lowest BCUT2D eigenvalue weighted by atomic mass is 9.76. The number of carbonyl (C=O) groups is 2. The van der Waals surface area contributed by atoms with Gasteiger partial charge in [0.25, 0.3) is 0 Å². The molecule has 0 fully saturated rings. The Bertz CT molecular complexity index is 785. The van der Waals surface area contributed by atoms with Crippen LogP contribution in [0, 0.1) is 5.92 Å². The molecule has 0 atom stereocenters. The van der Waals surface area contributed by atoms with E-state index in [0.29, 0.717) is 29.0 Å². The Morgan fingerprint density at radius 1 is 0.880 bits per heavy atom. The van der Waals surface area contributed by atoms with E-state index in [9.17, 15) is 9.59 Å². The molecule has 0 amide bonds. The topological polar surface area (TPSA) is 43.4 Å². The Balaban J connectivity index is 1.75. The van der Waals surface area contributed by atoms with Crippen LogP contribution in [-0.4, -0.2) is 11.6 Å². The van der Waals surface area contributed by atoms with Gasteiger partial charge in [0.15, 0.2) is 11.6 Å². The van der Waals surface area contributed by atoms with E-state index in [0.717, 1.165) is 42.8 Å². The molecular formula is C21H19ClO3. The maximum Gasteiger partial charge on any atom is 0.163 e. The van der Waals surface area contributed by atoms with Crippen LogP contribution in [0.15, 0.2) is 53.0 Å². The van der Waals surface area contributed by atoms with Crippen molar-refractivity contribution < 1.29 is 14.3 Å². The van der Waals surface area contributed by atoms with Crippen LogP contribution in [0.5, 0.6) is 0 Å². The predicted molar refractivity (Wildman–Crippen MR) is 96.8 cm³/mol. The maximum absolute atomic E-state index is 12.6. The molecule has 0 unspecified atom stereocenters. The van der Waals surface area contributed by atoms with Crippen molar-refractivity contribution in [3.8, 4) is 0 Å². The highest BCUT2D eigenvalue weighted by atomic mass is 35.5. The van der Waals surface area contributed by atoms with Crippen LogP contribution in [0.1, 0.15) is 44.1 Å². The number of benzene rings is 1. The molecular weight excluding hydrogens is 336 g/mol. The van der Waals surface area contributed by atoms with Gasteiger partial charge >= 0.3 is 0 Å². The number of ether oxygens (including phenoxy) is 1. The minimum atomic E-state index is -0.282. The first-order valence-corrected chi connectivity index (χ1v) is 9.15. The van der Waals surface area contributed by atoms with Crippen molar-refractivity contribution >= 4 is 29.2 Å². The van der Waals surface area contributed by atoms with Gasteiger partial charge in [0, 0.05) is 47.8 Å². The van der Waals surface area contributed by atoms with Crippen LogP contribution >= 0.6 is 11.6 Å². The number of allylic oxidation sites excluding steroid dienone is 5. The number of ketones is 2. The fraction of sp³-hybridized carbons (Fsp3) is 0.333. The van der Waals surface area contributed by atoms with Crippen molar-refractivity contribution in [2.75, 3.05) is 0 Å². The van der Waals surface area contributed by atoms with Crippen molar-refractivity contribution in [1.82, 2.24) is 0 Å². The zero-order chi connectivity index (χ0) is 17.4. The molecule has 0 saturated carbocycles. The second-order valence-electron chi connectivity index (χ2n) is 6.72. The highest BCUT2D eigenvalue weighted by molar-refractivity contribution is 6.30. The highest BCUT2D eigenvalue weighted by Crippen LogP contribution is 2.43. The molecule has 0 bridgehead atoms. The highest BCUT2D eigenvalue weighted by Gasteiger charge is 2.39. The summed E-state index contributed by atoms with van der Waals surface area (Å²) < 4.78 is 6.00. The summed E-state index contributed by atoms with van der Waals surface area (Å²) in [5.74, 6) is 1.48. The smallest absolute Gasteiger partial charge is 0.163 e. The maximum atomic E-state index is 12.6. The van der Waals surface area contributed by atoms with Crippen LogP contribution in [0.3, 0.4) is 0 Å². The van der Waals surface area contributed by atoms with E-state index in [1.54, 1.807) is 0 Å². The molecule has 0 aromatic heterocycles. The first-order chi connectivity index (χ1) is 12.1. The summed E-state index contributed by atoms with van der Waals surface area (Å²) in [5.41, 5.74) is 2.36. The zero-order valence-corrected chi connectivity index (χ0v) is 14.6. The molecule has 4 heteroatoms. The molecule has 0 spiro atoms. The monoisotopic (exact) mass is 354 g/mol. The van der Waals surface area contributed by atoms with E-state index in [2.05, 4.69) is 0 Å². The molecule has 3 aliphatic rings. The summed E-state index contributed by atoms with van der Waals surface area (Å²) in [5, 5.41) is 0.683. The van der Waals surface area contributed by atoms with Crippen molar-refractivity contribution in [2.45, 2.75) is 38.5 Å². The van der Waals surface area contributed by atoms with Crippen LogP contribution in [0.4, 0.5) is 0 Å². The third-order valence-electron chi connectivity index (χ3n) is 5.04. The van der Waals surface area contributed by atoms with Gasteiger partial charge in [-0.05, 0) is 30.5 Å². The fourth-order valence-electron chi connectivity index (χ4n) is 3.84. The van der Waals surface area contributed by atoms with Gasteiger partial charge in [0.1, 0.15) is 11.5 Å². The molecule has 0 radical (unpaired) electrons. The molecule has 1 heterocycles. The minimum absolute atomic E-state index is 0.108. The molecule has 128 valence electrons. The molecule has 25 heavy (non-hydrogen) atoms. The molecule has 0 N–H and O–H groups in total. The van der Waals surface area contributed by atoms with E-state index >= 15 is 0 Å². The molecule has 1 aliphatic heterocycles. The molecule has 2 aliphatic carbocycles. The van der Waals surface area contributed by atoms with Crippen LogP contribution < -0.4 is 0 Å².